The maximum atomic E-state index is 12.3. The fourth-order valence-electron chi connectivity index (χ4n) is 1.64. The first kappa shape index (κ1) is 16.4. The molecule has 0 atom stereocenters. The predicted molar refractivity (Wildman–Crippen MR) is 84.6 cm³/mol. The monoisotopic (exact) mass is 365 g/mol. The maximum Gasteiger partial charge on any atom is 0.261 e. The van der Waals surface area contributed by atoms with Crippen LogP contribution in [0.2, 0.25) is 15.1 Å². The van der Waals surface area contributed by atoms with Crippen LogP contribution in [0.5, 0.6) is 0 Å². The molecule has 0 spiro atoms. The van der Waals surface area contributed by atoms with Gasteiger partial charge in [0.1, 0.15) is 0 Å². The number of rotatable bonds is 4. The Bertz CT molecular complexity index is 778. The van der Waals surface area contributed by atoms with Crippen LogP contribution in [-0.2, 0) is 16.6 Å². The molecule has 2 rings (SSSR count). The molecule has 0 unspecified atom stereocenters. The molecule has 4 nitrogen and oxygen atoms in total. The Morgan fingerprint density at radius 1 is 1.00 bits per heavy atom. The first-order valence-corrected chi connectivity index (χ1v) is 8.32. The van der Waals surface area contributed by atoms with Crippen LogP contribution in [0.1, 0.15) is 5.56 Å². The molecule has 0 saturated carbocycles. The molecular weight excluding hydrogens is 357 g/mol. The van der Waals surface area contributed by atoms with Crippen LogP contribution in [0.4, 0.5) is 5.69 Å². The number of hydrogen-bond acceptors (Lipinski definition) is 3. The van der Waals surface area contributed by atoms with E-state index in [9.17, 15) is 13.5 Å². The Morgan fingerprint density at radius 2 is 1.71 bits per heavy atom. The summed E-state index contributed by atoms with van der Waals surface area (Å²) in [6.45, 7) is -0.347. The predicted octanol–water partition coefficient (Wildman–Crippen LogP) is 3.94. The van der Waals surface area contributed by atoms with E-state index in [2.05, 4.69) is 4.72 Å². The van der Waals surface area contributed by atoms with Crippen molar-refractivity contribution in [3.8, 4) is 0 Å². The third-order valence-electron chi connectivity index (χ3n) is 2.68. The highest BCUT2D eigenvalue weighted by molar-refractivity contribution is 7.92. The van der Waals surface area contributed by atoms with Gasteiger partial charge < -0.3 is 5.11 Å². The Morgan fingerprint density at radius 3 is 2.33 bits per heavy atom. The Hall–Kier alpha value is -0.980. The smallest absolute Gasteiger partial charge is 0.261 e. The molecule has 0 amide bonds. The van der Waals surface area contributed by atoms with Crippen LogP contribution in [-0.4, -0.2) is 13.5 Å². The van der Waals surface area contributed by atoms with Crippen LogP contribution < -0.4 is 4.72 Å². The molecule has 2 aromatic rings. The number of aliphatic hydroxyl groups excluding tert-OH is 1. The van der Waals surface area contributed by atoms with Crippen molar-refractivity contribution in [3.63, 3.8) is 0 Å². The summed E-state index contributed by atoms with van der Waals surface area (Å²) in [4.78, 5) is -0.0317. The summed E-state index contributed by atoms with van der Waals surface area (Å²) in [6.07, 6.45) is 0. The Balaban J connectivity index is 2.39. The highest BCUT2D eigenvalue weighted by atomic mass is 35.5. The van der Waals surface area contributed by atoms with Crippen LogP contribution in [0.3, 0.4) is 0 Å². The van der Waals surface area contributed by atoms with E-state index in [1.165, 1.54) is 36.4 Å². The van der Waals surface area contributed by atoms with Gasteiger partial charge in [0.25, 0.3) is 10.0 Å². The van der Waals surface area contributed by atoms with Crippen molar-refractivity contribution in [2.24, 2.45) is 0 Å². The van der Waals surface area contributed by atoms with Crippen molar-refractivity contribution < 1.29 is 13.5 Å². The van der Waals surface area contributed by atoms with E-state index in [-0.39, 0.29) is 27.2 Å². The zero-order valence-electron chi connectivity index (χ0n) is 10.5. The molecular formula is C13H10Cl3NO3S. The quantitative estimate of drug-likeness (QED) is 0.861. The summed E-state index contributed by atoms with van der Waals surface area (Å²) >= 11 is 17.4. The van der Waals surface area contributed by atoms with Crippen molar-refractivity contribution >= 4 is 50.5 Å². The van der Waals surface area contributed by atoms with Crippen LogP contribution in [0.15, 0.2) is 41.3 Å². The van der Waals surface area contributed by atoms with E-state index in [0.717, 1.165) is 0 Å². The second-order valence-corrected chi connectivity index (χ2v) is 7.07. The molecule has 8 heteroatoms. The summed E-state index contributed by atoms with van der Waals surface area (Å²) in [5.74, 6) is 0. The van der Waals surface area contributed by atoms with Gasteiger partial charge in [-0.1, -0.05) is 34.8 Å². The minimum Gasteiger partial charge on any atom is -0.392 e. The van der Waals surface area contributed by atoms with E-state index >= 15 is 0 Å². The summed E-state index contributed by atoms with van der Waals surface area (Å²) in [7, 11) is -3.85. The summed E-state index contributed by atoms with van der Waals surface area (Å²) < 4.78 is 27.0. The Labute approximate surface area is 137 Å². The average molecular weight is 367 g/mol. The molecule has 0 radical (unpaired) electrons. The largest absolute Gasteiger partial charge is 0.392 e. The molecule has 2 aromatic carbocycles. The number of nitrogens with one attached hydrogen (secondary N) is 1. The van der Waals surface area contributed by atoms with Gasteiger partial charge in [0.2, 0.25) is 0 Å². The number of sulfonamides is 1. The van der Waals surface area contributed by atoms with Gasteiger partial charge in [-0.3, -0.25) is 4.72 Å². The number of halogens is 3. The second kappa shape index (κ2) is 6.42. The molecule has 0 heterocycles. The number of aliphatic hydroxyl groups is 1. The van der Waals surface area contributed by atoms with Gasteiger partial charge in [0.05, 0.1) is 27.2 Å². The molecule has 0 bridgehead atoms. The highest BCUT2D eigenvalue weighted by Crippen LogP contribution is 2.27. The molecule has 112 valence electrons. The molecule has 0 aliphatic rings. The van der Waals surface area contributed by atoms with Crippen LogP contribution >= 0.6 is 34.8 Å². The lowest BCUT2D eigenvalue weighted by molar-refractivity contribution is 0.282. The van der Waals surface area contributed by atoms with Gasteiger partial charge >= 0.3 is 0 Å². The van der Waals surface area contributed by atoms with Crippen molar-refractivity contribution in [2.45, 2.75) is 11.5 Å². The molecule has 0 fully saturated rings. The van der Waals surface area contributed by atoms with Gasteiger partial charge in [0.15, 0.2) is 0 Å². The van der Waals surface area contributed by atoms with Crippen molar-refractivity contribution in [1.29, 1.82) is 0 Å². The van der Waals surface area contributed by atoms with E-state index in [0.29, 0.717) is 10.6 Å². The fraction of sp³-hybridized carbons (Fsp3) is 0.0769. The van der Waals surface area contributed by atoms with Gasteiger partial charge in [-0.05, 0) is 36.4 Å². The Kier molecular flexibility index (Phi) is 5.01. The number of hydrogen-bond donors (Lipinski definition) is 2. The molecule has 2 N–H and O–H groups in total. The lowest BCUT2D eigenvalue weighted by Gasteiger charge is -2.12. The van der Waals surface area contributed by atoms with Gasteiger partial charge in [0, 0.05) is 10.6 Å². The highest BCUT2D eigenvalue weighted by Gasteiger charge is 2.17. The van der Waals surface area contributed by atoms with Crippen molar-refractivity contribution in [3.05, 3.63) is 57.0 Å². The average Bonchev–Trinajstić information content (AvgIpc) is 2.43. The van der Waals surface area contributed by atoms with Crippen molar-refractivity contribution in [1.82, 2.24) is 0 Å². The van der Waals surface area contributed by atoms with Gasteiger partial charge in [-0.25, -0.2) is 8.42 Å². The first-order chi connectivity index (χ1) is 9.83. The zero-order chi connectivity index (χ0) is 15.6. The third-order valence-corrected chi connectivity index (χ3v) is 5.02. The summed E-state index contributed by atoms with van der Waals surface area (Å²) in [5.41, 5.74) is 0.610. The SMILES string of the molecule is O=S(=O)(Nc1ccc(Cl)cc1CO)c1ccc(Cl)c(Cl)c1. The second-order valence-electron chi connectivity index (χ2n) is 4.14. The van der Waals surface area contributed by atoms with E-state index in [4.69, 9.17) is 34.8 Å². The summed E-state index contributed by atoms with van der Waals surface area (Å²) in [6, 6.07) is 8.46. The topological polar surface area (TPSA) is 66.4 Å². The molecule has 0 saturated heterocycles. The third kappa shape index (κ3) is 3.81. The lowest BCUT2D eigenvalue weighted by atomic mass is 10.2. The van der Waals surface area contributed by atoms with E-state index in [1.54, 1.807) is 0 Å². The van der Waals surface area contributed by atoms with Gasteiger partial charge in [-0.15, -0.1) is 0 Å². The lowest BCUT2D eigenvalue weighted by Crippen LogP contribution is -2.14. The molecule has 0 aliphatic heterocycles. The fourth-order valence-corrected chi connectivity index (χ4v) is 3.32. The number of benzene rings is 2. The maximum absolute atomic E-state index is 12.3. The van der Waals surface area contributed by atoms with Crippen molar-refractivity contribution in [2.75, 3.05) is 4.72 Å². The minimum atomic E-state index is -3.85. The van der Waals surface area contributed by atoms with Gasteiger partial charge in [-0.2, -0.15) is 0 Å². The van der Waals surface area contributed by atoms with Crippen LogP contribution in [0, 0.1) is 0 Å². The van der Waals surface area contributed by atoms with Crippen LogP contribution in [0.25, 0.3) is 0 Å². The normalized spacial score (nSPS) is 11.4. The minimum absolute atomic E-state index is 0.0317. The summed E-state index contributed by atoms with van der Waals surface area (Å²) in [5, 5.41) is 10.1. The molecule has 0 aliphatic carbocycles. The molecule has 21 heavy (non-hydrogen) atoms. The molecule has 0 aromatic heterocycles. The standard InChI is InChI=1S/C13H10Cl3NO3S/c14-9-1-4-13(8(5-9)7-18)17-21(19,20)10-2-3-11(15)12(16)6-10/h1-6,17-18H,7H2. The van der Waals surface area contributed by atoms with E-state index < -0.39 is 10.0 Å². The van der Waals surface area contributed by atoms with E-state index in [1.807, 2.05) is 0 Å². The zero-order valence-corrected chi connectivity index (χ0v) is 13.6. The number of anilines is 1. The first-order valence-electron chi connectivity index (χ1n) is 5.70.